The molecule has 0 unspecified atom stereocenters. The predicted molar refractivity (Wildman–Crippen MR) is 223 cm³/mol. The molecule has 0 N–H and O–H groups in total. The van der Waals surface area contributed by atoms with Crippen molar-refractivity contribution < 1.29 is 0 Å². The van der Waals surface area contributed by atoms with Gasteiger partial charge in [0, 0.05) is 21.2 Å². The standard InChI is InChI=1S/C35H24N2S.C14H14/c1-23-11-8-16-26(21-23)27-17-9-18-28(22-27)29-19-10-20-30-32-34(38-33(29)30)31(24-12-4-2-5-13-24)36-35(37-32)25-14-6-3-7-15-25;1-11-7-3-5-9-13(11)14-10-6-4-8-12(14)2/h2-22H,1H3;3-10H,1-2H3. The van der Waals surface area contributed by atoms with Gasteiger partial charge < -0.3 is 0 Å². The van der Waals surface area contributed by atoms with E-state index < -0.39 is 0 Å². The average Bonchev–Trinajstić information content (AvgIpc) is 3.58. The molecule has 0 saturated carbocycles. The monoisotopic (exact) mass is 686 g/mol. The fourth-order valence-electron chi connectivity index (χ4n) is 6.84. The van der Waals surface area contributed by atoms with Gasteiger partial charge in [-0.25, -0.2) is 9.97 Å². The number of benzene rings is 7. The van der Waals surface area contributed by atoms with Crippen LogP contribution in [0, 0.1) is 20.8 Å². The molecule has 0 bridgehead atoms. The van der Waals surface area contributed by atoms with Gasteiger partial charge in [0.1, 0.15) is 0 Å². The topological polar surface area (TPSA) is 25.8 Å². The van der Waals surface area contributed by atoms with E-state index in [0.717, 1.165) is 32.9 Å². The van der Waals surface area contributed by atoms with E-state index in [2.05, 4.69) is 172 Å². The molecule has 2 nitrogen and oxygen atoms in total. The number of fused-ring (bicyclic) bond motifs is 3. The van der Waals surface area contributed by atoms with Gasteiger partial charge in [0.25, 0.3) is 0 Å². The molecule has 0 aliphatic heterocycles. The molecule has 250 valence electrons. The van der Waals surface area contributed by atoms with Crippen LogP contribution in [0.5, 0.6) is 0 Å². The minimum absolute atomic E-state index is 0.753. The molecule has 0 spiro atoms. The van der Waals surface area contributed by atoms with Gasteiger partial charge in [-0.15, -0.1) is 11.3 Å². The summed E-state index contributed by atoms with van der Waals surface area (Å²) in [5.74, 6) is 0.753. The maximum Gasteiger partial charge on any atom is 0.160 e. The summed E-state index contributed by atoms with van der Waals surface area (Å²) in [5.41, 5.74) is 15.6. The van der Waals surface area contributed by atoms with Crippen LogP contribution in [0.15, 0.2) is 176 Å². The van der Waals surface area contributed by atoms with Gasteiger partial charge in [0.05, 0.1) is 15.9 Å². The van der Waals surface area contributed by atoms with E-state index in [1.54, 1.807) is 11.3 Å². The van der Waals surface area contributed by atoms with Crippen molar-refractivity contribution in [3.05, 3.63) is 193 Å². The summed E-state index contributed by atoms with van der Waals surface area (Å²) in [4.78, 5) is 10.2. The Morgan fingerprint density at radius 1 is 0.385 bits per heavy atom. The number of hydrogen-bond donors (Lipinski definition) is 0. The van der Waals surface area contributed by atoms with Crippen LogP contribution in [0.1, 0.15) is 16.7 Å². The Labute approximate surface area is 309 Å². The van der Waals surface area contributed by atoms with Crippen LogP contribution in [0.25, 0.3) is 76.3 Å². The molecular formula is C49H38N2S. The molecule has 0 atom stereocenters. The third-order valence-corrected chi connectivity index (χ3v) is 10.8. The lowest BCUT2D eigenvalue weighted by Crippen LogP contribution is -1.93. The highest BCUT2D eigenvalue weighted by Gasteiger charge is 2.18. The average molecular weight is 687 g/mol. The van der Waals surface area contributed by atoms with Crippen LogP contribution in [0.4, 0.5) is 0 Å². The van der Waals surface area contributed by atoms with E-state index in [1.807, 2.05) is 24.3 Å². The SMILES string of the molecule is Cc1cccc(-c2cccc(-c3cccc4c3sc3c(-c5ccccc5)nc(-c5ccccc5)nc34)c2)c1.Cc1ccccc1-c1ccccc1C. The summed E-state index contributed by atoms with van der Waals surface area (Å²) in [6.45, 7) is 6.45. The molecule has 0 fully saturated rings. The van der Waals surface area contributed by atoms with Gasteiger partial charge in [-0.3, -0.25) is 0 Å². The summed E-state index contributed by atoms with van der Waals surface area (Å²) >= 11 is 1.79. The summed E-state index contributed by atoms with van der Waals surface area (Å²) in [5, 5.41) is 1.17. The second kappa shape index (κ2) is 14.6. The minimum atomic E-state index is 0.753. The fourth-order valence-corrected chi connectivity index (χ4v) is 8.13. The van der Waals surface area contributed by atoms with E-state index in [-0.39, 0.29) is 0 Å². The van der Waals surface area contributed by atoms with Gasteiger partial charge in [-0.2, -0.15) is 0 Å². The maximum absolute atomic E-state index is 5.13. The number of nitrogens with zero attached hydrogens (tertiary/aromatic N) is 2. The predicted octanol–water partition coefficient (Wildman–Crippen LogP) is 13.8. The van der Waals surface area contributed by atoms with Crippen molar-refractivity contribution in [2.75, 3.05) is 0 Å². The minimum Gasteiger partial charge on any atom is -0.226 e. The zero-order chi connectivity index (χ0) is 35.4. The first-order chi connectivity index (χ1) is 25.5. The van der Waals surface area contributed by atoms with Crippen molar-refractivity contribution in [1.29, 1.82) is 0 Å². The highest BCUT2D eigenvalue weighted by molar-refractivity contribution is 7.26. The molecule has 0 saturated heterocycles. The van der Waals surface area contributed by atoms with Crippen molar-refractivity contribution in [2.45, 2.75) is 20.8 Å². The van der Waals surface area contributed by atoms with Crippen molar-refractivity contribution in [2.24, 2.45) is 0 Å². The third kappa shape index (κ3) is 6.67. The molecule has 2 heterocycles. The summed E-state index contributed by atoms with van der Waals surface area (Å²) in [7, 11) is 0. The van der Waals surface area contributed by atoms with Crippen molar-refractivity contribution in [3.63, 3.8) is 0 Å². The van der Waals surface area contributed by atoms with Gasteiger partial charge in [0.2, 0.25) is 0 Å². The summed E-state index contributed by atoms with van der Waals surface area (Å²) < 4.78 is 2.36. The molecule has 3 heteroatoms. The van der Waals surface area contributed by atoms with Gasteiger partial charge in [-0.1, -0.05) is 175 Å². The van der Waals surface area contributed by atoms with Crippen LogP contribution in [-0.2, 0) is 0 Å². The lowest BCUT2D eigenvalue weighted by molar-refractivity contribution is 1.24. The summed E-state index contributed by atoms with van der Waals surface area (Å²) in [6, 6.07) is 61.8. The number of aromatic nitrogens is 2. The molecule has 9 aromatic rings. The van der Waals surface area contributed by atoms with E-state index in [0.29, 0.717) is 0 Å². The largest absolute Gasteiger partial charge is 0.226 e. The second-order valence-electron chi connectivity index (χ2n) is 13.2. The Hall–Kier alpha value is -6.16. The molecular weight excluding hydrogens is 649 g/mol. The van der Waals surface area contributed by atoms with E-state index >= 15 is 0 Å². The van der Waals surface area contributed by atoms with E-state index in [1.165, 1.54) is 60.2 Å². The molecule has 7 aromatic carbocycles. The van der Waals surface area contributed by atoms with Crippen molar-refractivity contribution in [1.82, 2.24) is 9.97 Å². The Morgan fingerprint density at radius 2 is 0.904 bits per heavy atom. The van der Waals surface area contributed by atoms with Gasteiger partial charge in [0.15, 0.2) is 5.82 Å². The molecule has 52 heavy (non-hydrogen) atoms. The highest BCUT2D eigenvalue weighted by Crippen LogP contribution is 2.43. The Bertz CT molecular complexity index is 2610. The van der Waals surface area contributed by atoms with Crippen LogP contribution in [0.2, 0.25) is 0 Å². The molecule has 2 aromatic heterocycles. The van der Waals surface area contributed by atoms with E-state index in [9.17, 15) is 0 Å². The quantitative estimate of drug-likeness (QED) is 0.180. The molecule has 0 aliphatic rings. The summed E-state index contributed by atoms with van der Waals surface area (Å²) in [6.07, 6.45) is 0. The van der Waals surface area contributed by atoms with Crippen LogP contribution < -0.4 is 0 Å². The molecule has 0 radical (unpaired) electrons. The fraction of sp³-hybridized carbons (Fsp3) is 0.0612. The zero-order valence-electron chi connectivity index (χ0n) is 29.5. The van der Waals surface area contributed by atoms with Crippen LogP contribution in [0.3, 0.4) is 0 Å². The van der Waals surface area contributed by atoms with E-state index in [4.69, 9.17) is 9.97 Å². The molecule has 0 amide bonds. The normalized spacial score (nSPS) is 11.0. The number of hydrogen-bond acceptors (Lipinski definition) is 3. The third-order valence-electron chi connectivity index (χ3n) is 9.52. The van der Waals surface area contributed by atoms with Crippen LogP contribution in [-0.4, -0.2) is 9.97 Å². The van der Waals surface area contributed by atoms with Crippen molar-refractivity contribution >= 4 is 31.6 Å². The first-order valence-corrected chi connectivity index (χ1v) is 18.5. The lowest BCUT2D eigenvalue weighted by atomic mass is 9.97. The van der Waals surface area contributed by atoms with Crippen molar-refractivity contribution in [3.8, 4) is 56.0 Å². The van der Waals surface area contributed by atoms with Crippen LogP contribution >= 0.6 is 11.3 Å². The maximum atomic E-state index is 5.13. The first kappa shape index (κ1) is 33.0. The highest BCUT2D eigenvalue weighted by atomic mass is 32.1. The Balaban J connectivity index is 0.000000232. The smallest absolute Gasteiger partial charge is 0.160 e. The Morgan fingerprint density at radius 3 is 1.56 bits per heavy atom. The van der Waals surface area contributed by atoms with Gasteiger partial charge >= 0.3 is 0 Å². The number of thiophene rings is 1. The number of aryl methyl sites for hydroxylation is 3. The zero-order valence-corrected chi connectivity index (χ0v) is 30.4. The molecule has 9 rings (SSSR count). The lowest BCUT2D eigenvalue weighted by Gasteiger charge is -2.08. The first-order valence-electron chi connectivity index (χ1n) is 17.7. The molecule has 0 aliphatic carbocycles. The van der Waals surface area contributed by atoms with Gasteiger partial charge in [-0.05, 0) is 71.3 Å². The number of rotatable bonds is 5. The Kier molecular flexibility index (Phi) is 9.27. The second-order valence-corrected chi connectivity index (χ2v) is 14.2.